The summed E-state index contributed by atoms with van der Waals surface area (Å²) in [6.07, 6.45) is 3.29. The Bertz CT molecular complexity index is 671. The number of carbonyl (C=O) groups excluding carboxylic acids is 1. The molecule has 1 aliphatic carbocycles. The molecule has 1 saturated carbocycles. The highest BCUT2D eigenvalue weighted by molar-refractivity contribution is 5.82. The summed E-state index contributed by atoms with van der Waals surface area (Å²) in [5, 5.41) is 3.08. The van der Waals surface area contributed by atoms with Crippen LogP contribution in [0, 0.1) is 12.8 Å². The number of carbonyl (C=O) groups is 1. The van der Waals surface area contributed by atoms with Crippen molar-refractivity contribution in [2.24, 2.45) is 5.92 Å². The fourth-order valence-corrected chi connectivity index (χ4v) is 2.69. The van der Waals surface area contributed by atoms with E-state index in [4.69, 9.17) is 4.74 Å². The van der Waals surface area contributed by atoms with E-state index in [1.807, 2.05) is 43.3 Å². The first-order valence-electron chi connectivity index (χ1n) is 7.86. The first-order valence-corrected chi connectivity index (χ1v) is 7.86. The quantitative estimate of drug-likeness (QED) is 0.891. The Morgan fingerprint density at radius 3 is 2.61 bits per heavy atom. The van der Waals surface area contributed by atoms with Gasteiger partial charge in [-0.05, 0) is 37.3 Å². The third-order valence-corrected chi connectivity index (χ3v) is 4.06. The molecule has 1 heterocycles. The zero-order chi connectivity index (χ0) is 16.2. The maximum atomic E-state index is 12.7. The van der Waals surface area contributed by atoms with Crippen molar-refractivity contribution in [2.75, 3.05) is 7.11 Å². The number of ether oxygens (including phenoxy) is 1. The summed E-state index contributed by atoms with van der Waals surface area (Å²) < 4.78 is 5.41. The molecule has 0 aliphatic heterocycles. The summed E-state index contributed by atoms with van der Waals surface area (Å²) in [6, 6.07) is 11.2. The SMILES string of the molecule is CO[C@H](C(=O)N[C@@H](c1nccc(C)n1)C1CC1)c1ccccc1. The average molecular weight is 311 g/mol. The molecule has 1 aliphatic rings. The molecule has 5 heteroatoms. The van der Waals surface area contributed by atoms with Crippen LogP contribution >= 0.6 is 0 Å². The van der Waals surface area contributed by atoms with E-state index in [0.717, 1.165) is 24.1 Å². The molecule has 1 amide bonds. The van der Waals surface area contributed by atoms with Crippen molar-refractivity contribution in [1.82, 2.24) is 15.3 Å². The van der Waals surface area contributed by atoms with Crippen LogP contribution in [0.2, 0.25) is 0 Å². The van der Waals surface area contributed by atoms with Gasteiger partial charge in [0.1, 0.15) is 0 Å². The van der Waals surface area contributed by atoms with E-state index < -0.39 is 6.10 Å². The number of methoxy groups -OCH3 is 1. The number of aromatic nitrogens is 2. The number of amides is 1. The van der Waals surface area contributed by atoms with Crippen LogP contribution in [0.1, 0.15) is 42.1 Å². The Morgan fingerprint density at radius 1 is 1.26 bits per heavy atom. The largest absolute Gasteiger partial charge is 0.367 e. The number of hydrogen-bond acceptors (Lipinski definition) is 4. The van der Waals surface area contributed by atoms with Crippen molar-refractivity contribution in [3.63, 3.8) is 0 Å². The summed E-state index contributed by atoms with van der Waals surface area (Å²) in [6.45, 7) is 1.93. The van der Waals surface area contributed by atoms with Crippen LogP contribution in [0.3, 0.4) is 0 Å². The standard InChI is InChI=1S/C18H21N3O2/c1-12-10-11-19-17(20-12)15(13-8-9-13)21-18(22)16(23-2)14-6-4-3-5-7-14/h3-7,10-11,13,15-16H,8-9H2,1-2H3,(H,21,22)/t15-,16+/m1/s1. The van der Waals surface area contributed by atoms with Crippen LogP contribution in [0.15, 0.2) is 42.6 Å². The molecule has 0 saturated heterocycles. The molecule has 3 rings (SSSR count). The lowest BCUT2D eigenvalue weighted by molar-refractivity contribution is -0.132. The molecule has 1 aromatic carbocycles. The normalized spacial score (nSPS) is 16.6. The molecule has 1 N–H and O–H groups in total. The Kier molecular flexibility index (Phi) is 4.67. The van der Waals surface area contributed by atoms with Crippen LogP contribution in [0.25, 0.3) is 0 Å². The molecule has 0 radical (unpaired) electrons. The third-order valence-electron chi connectivity index (χ3n) is 4.06. The van der Waals surface area contributed by atoms with Crippen molar-refractivity contribution in [3.8, 4) is 0 Å². The van der Waals surface area contributed by atoms with Gasteiger partial charge in [0.2, 0.25) is 0 Å². The second kappa shape index (κ2) is 6.87. The number of hydrogen-bond donors (Lipinski definition) is 1. The van der Waals surface area contributed by atoms with Crippen LogP contribution in [-0.2, 0) is 9.53 Å². The highest BCUT2D eigenvalue weighted by Crippen LogP contribution is 2.40. The van der Waals surface area contributed by atoms with E-state index in [2.05, 4.69) is 15.3 Å². The molecule has 1 aromatic heterocycles. The predicted molar refractivity (Wildman–Crippen MR) is 86.6 cm³/mol. The van der Waals surface area contributed by atoms with Crippen LogP contribution in [-0.4, -0.2) is 23.0 Å². The van der Waals surface area contributed by atoms with Gasteiger partial charge in [0.05, 0.1) is 6.04 Å². The van der Waals surface area contributed by atoms with Gasteiger partial charge in [-0.2, -0.15) is 0 Å². The molecule has 120 valence electrons. The van der Waals surface area contributed by atoms with Crippen molar-refractivity contribution in [1.29, 1.82) is 0 Å². The van der Waals surface area contributed by atoms with Gasteiger partial charge in [-0.1, -0.05) is 30.3 Å². The van der Waals surface area contributed by atoms with Crippen molar-refractivity contribution in [2.45, 2.75) is 31.9 Å². The summed E-state index contributed by atoms with van der Waals surface area (Å²) in [7, 11) is 1.55. The molecule has 5 nitrogen and oxygen atoms in total. The summed E-state index contributed by atoms with van der Waals surface area (Å²) in [5.41, 5.74) is 1.74. The minimum absolute atomic E-state index is 0.149. The summed E-state index contributed by atoms with van der Waals surface area (Å²) >= 11 is 0. The molecule has 1 fully saturated rings. The molecular formula is C18H21N3O2. The Morgan fingerprint density at radius 2 is 2.00 bits per heavy atom. The van der Waals surface area contributed by atoms with Gasteiger partial charge in [-0.25, -0.2) is 9.97 Å². The maximum absolute atomic E-state index is 12.7. The van der Waals surface area contributed by atoms with E-state index in [-0.39, 0.29) is 11.9 Å². The first-order chi connectivity index (χ1) is 11.2. The summed E-state index contributed by atoms with van der Waals surface area (Å²) in [5.74, 6) is 0.943. The molecule has 2 atom stereocenters. The molecule has 2 aromatic rings. The topological polar surface area (TPSA) is 64.1 Å². The maximum Gasteiger partial charge on any atom is 0.254 e. The van der Waals surface area contributed by atoms with Crippen LogP contribution < -0.4 is 5.32 Å². The lowest BCUT2D eigenvalue weighted by atomic mass is 10.1. The Labute approximate surface area is 136 Å². The minimum Gasteiger partial charge on any atom is -0.367 e. The number of benzene rings is 1. The lowest BCUT2D eigenvalue weighted by Gasteiger charge is -2.21. The van der Waals surface area contributed by atoms with Gasteiger partial charge in [-0.15, -0.1) is 0 Å². The average Bonchev–Trinajstić information content (AvgIpc) is 3.39. The zero-order valence-electron chi connectivity index (χ0n) is 13.4. The fourth-order valence-electron chi connectivity index (χ4n) is 2.69. The lowest BCUT2D eigenvalue weighted by Crippen LogP contribution is -2.35. The van der Waals surface area contributed by atoms with Gasteiger partial charge >= 0.3 is 0 Å². The zero-order valence-corrected chi connectivity index (χ0v) is 13.4. The molecule has 0 spiro atoms. The van der Waals surface area contributed by atoms with Crippen LogP contribution in [0.5, 0.6) is 0 Å². The van der Waals surface area contributed by atoms with Crippen LogP contribution in [0.4, 0.5) is 0 Å². The second-order valence-corrected chi connectivity index (χ2v) is 5.91. The first kappa shape index (κ1) is 15.6. The molecule has 23 heavy (non-hydrogen) atoms. The van der Waals surface area contributed by atoms with Crippen molar-refractivity contribution >= 4 is 5.91 Å². The Hall–Kier alpha value is -2.27. The number of aryl methyl sites for hydroxylation is 1. The van der Waals surface area contributed by atoms with E-state index in [1.54, 1.807) is 13.3 Å². The van der Waals surface area contributed by atoms with Gasteiger partial charge in [0.15, 0.2) is 11.9 Å². The minimum atomic E-state index is -0.623. The number of rotatable bonds is 6. The van der Waals surface area contributed by atoms with Gasteiger partial charge < -0.3 is 10.1 Å². The van der Waals surface area contributed by atoms with E-state index in [1.165, 1.54) is 0 Å². The molecular weight excluding hydrogens is 290 g/mol. The van der Waals surface area contributed by atoms with Gasteiger partial charge in [0, 0.05) is 19.0 Å². The smallest absolute Gasteiger partial charge is 0.254 e. The van der Waals surface area contributed by atoms with E-state index >= 15 is 0 Å². The van der Waals surface area contributed by atoms with Gasteiger partial charge in [0.25, 0.3) is 5.91 Å². The van der Waals surface area contributed by atoms with Gasteiger partial charge in [-0.3, -0.25) is 4.79 Å². The summed E-state index contributed by atoms with van der Waals surface area (Å²) in [4.78, 5) is 21.5. The van der Waals surface area contributed by atoms with Crippen molar-refractivity contribution < 1.29 is 9.53 Å². The number of nitrogens with zero attached hydrogens (tertiary/aromatic N) is 2. The van der Waals surface area contributed by atoms with Crippen molar-refractivity contribution in [3.05, 3.63) is 59.7 Å². The highest BCUT2D eigenvalue weighted by atomic mass is 16.5. The third kappa shape index (κ3) is 3.74. The highest BCUT2D eigenvalue weighted by Gasteiger charge is 2.36. The monoisotopic (exact) mass is 311 g/mol. The second-order valence-electron chi connectivity index (χ2n) is 5.91. The molecule has 0 bridgehead atoms. The van der Waals surface area contributed by atoms with E-state index in [9.17, 15) is 4.79 Å². The molecule has 0 unspecified atom stereocenters. The predicted octanol–water partition coefficient (Wildman–Crippen LogP) is 2.74. The Balaban J connectivity index is 1.78. The van der Waals surface area contributed by atoms with E-state index in [0.29, 0.717) is 11.7 Å². The fraction of sp³-hybridized carbons (Fsp3) is 0.389. The number of nitrogens with one attached hydrogen (secondary N) is 1.